The fourth-order valence-corrected chi connectivity index (χ4v) is 2.24. The smallest absolute Gasteiger partial charge is 0.0628 e. The summed E-state index contributed by atoms with van der Waals surface area (Å²) in [6, 6.07) is 0.416. The zero-order valence-electron chi connectivity index (χ0n) is 11.8. The maximum Gasteiger partial charge on any atom is 0.0628 e. The Morgan fingerprint density at radius 1 is 1.47 bits per heavy atom. The van der Waals surface area contributed by atoms with E-state index in [9.17, 15) is 0 Å². The maximum atomic E-state index is 4.45. The second-order valence-electron chi connectivity index (χ2n) is 4.77. The zero-order valence-corrected chi connectivity index (χ0v) is 11.8. The minimum absolute atomic E-state index is 0.416. The average molecular weight is 235 g/mol. The SMILES string of the molecule is C=C(C)C(CCc1c(C)nn(C)c1C)NCC. The molecule has 17 heavy (non-hydrogen) atoms. The standard InChI is InChI=1S/C14H25N3/c1-7-15-14(10(2)3)9-8-13-11(4)16-17(6)12(13)5/h14-15H,2,7-9H2,1,3-6H3. The van der Waals surface area contributed by atoms with Gasteiger partial charge in [-0.2, -0.15) is 5.10 Å². The van der Waals surface area contributed by atoms with Crippen LogP contribution in [-0.4, -0.2) is 22.4 Å². The van der Waals surface area contributed by atoms with Crippen molar-refractivity contribution in [3.63, 3.8) is 0 Å². The molecule has 1 aromatic rings. The first-order chi connectivity index (χ1) is 7.97. The van der Waals surface area contributed by atoms with Crippen molar-refractivity contribution in [3.8, 4) is 0 Å². The van der Waals surface area contributed by atoms with Crippen LogP contribution >= 0.6 is 0 Å². The molecule has 96 valence electrons. The summed E-state index contributed by atoms with van der Waals surface area (Å²) in [5.41, 5.74) is 5.03. The number of nitrogens with zero attached hydrogens (tertiary/aromatic N) is 2. The number of hydrogen-bond donors (Lipinski definition) is 1. The van der Waals surface area contributed by atoms with Gasteiger partial charge in [-0.05, 0) is 45.7 Å². The fraction of sp³-hybridized carbons (Fsp3) is 0.643. The molecule has 0 aliphatic carbocycles. The third kappa shape index (κ3) is 3.43. The second kappa shape index (κ2) is 6.01. The van der Waals surface area contributed by atoms with Crippen molar-refractivity contribution in [2.75, 3.05) is 6.54 Å². The Kier molecular flexibility index (Phi) is 4.94. The van der Waals surface area contributed by atoms with E-state index in [1.54, 1.807) is 0 Å². The van der Waals surface area contributed by atoms with Crippen LogP contribution < -0.4 is 5.32 Å². The van der Waals surface area contributed by atoms with E-state index < -0.39 is 0 Å². The molecule has 1 unspecified atom stereocenters. The molecule has 0 amide bonds. The number of aromatic nitrogens is 2. The van der Waals surface area contributed by atoms with Crippen molar-refractivity contribution in [1.29, 1.82) is 0 Å². The summed E-state index contributed by atoms with van der Waals surface area (Å²) in [4.78, 5) is 0. The molecule has 1 rings (SSSR count). The first kappa shape index (κ1) is 14.0. The van der Waals surface area contributed by atoms with Gasteiger partial charge in [-0.15, -0.1) is 0 Å². The molecule has 0 aliphatic rings. The van der Waals surface area contributed by atoms with Crippen molar-refractivity contribution < 1.29 is 0 Å². The topological polar surface area (TPSA) is 29.9 Å². The zero-order chi connectivity index (χ0) is 13.0. The lowest BCUT2D eigenvalue weighted by atomic mass is 10.00. The molecule has 0 aromatic carbocycles. The van der Waals surface area contributed by atoms with Gasteiger partial charge in [0.05, 0.1) is 5.69 Å². The molecule has 1 heterocycles. The summed E-state index contributed by atoms with van der Waals surface area (Å²) >= 11 is 0. The maximum absolute atomic E-state index is 4.45. The van der Waals surface area contributed by atoms with Gasteiger partial charge in [0.1, 0.15) is 0 Å². The van der Waals surface area contributed by atoms with Crippen LogP contribution in [-0.2, 0) is 13.5 Å². The number of rotatable bonds is 6. The molecule has 0 spiro atoms. The van der Waals surface area contributed by atoms with Crippen LogP contribution in [0.15, 0.2) is 12.2 Å². The predicted octanol–water partition coefficient (Wildman–Crippen LogP) is 2.52. The van der Waals surface area contributed by atoms with Gasteiger partial charge in [-0.3, -0.25) is 4.68 Å². The minimum Gasteiger partial charge on any atom is -0.311 e. The van der Waals surface area contributed by atoms with Gasteiger partial charge in [-0.1, -0.05) is 19.1 Å². The van der Waals surface area contributed by atoms with Crippen molar-refractivity contribution >= 4 is 0 Å². The third-order valence-electron chi connectivity index (χ3n) is 3.39. The van der Waals surface area contributed by atoms with Crippen LogP contribution in [0.4, 0.5) is 0 Å². The molecule has 0 aliphatic heterocycles. The highest BCUT2D eigenvalue weighted by Crippen LogP contribution is 2.16. The van der Waals surface area contributed by atoms with Crippen LogP contribution in [0.5, 0.6) is 0 Å². The Hall–Kier alpha value is -1.09. The Balaban J connectivity index is 2.68. The molecule has 1 aromatic heterocycles. The van der Waals surface area contributed by atoms with Crippen molar-refractivity contribution in [2.24, 2.45) is 7.05 Å². The van der Waals surface area contributed by atoms with Crippen LogP contribution in [0.2, 0.25) is 0 Å². The molecule has 0 fully saturated rings. The lowest BCUT2D eigenvalue weighted by molar-refractivity contribution is 0.551. The molecule has 0 bridgehead atoms. The molecule has 1 N–H and O–H groups in total. The third-order valence-corrected chi connectivity index (χ3v) is 3.39. The summed E-state index contributed by atoms with van der Waals surface area (Å²) in [6.07, 6.45) is 2.16. The van der Waals surface area contributed by atoms with Gasteiger partial charge in [0.15, 0.2) is 0 Å². The summed E-state index contributed by atoms with van der Waals surface area (Å²) in [6.45, 7) is 13.5. The molecular formula is C14H25N3. The Morgan fingerprint density at radius 3 is 2.53 bits per heavy atom. The molecular weight excluding hydrogens is 210 g/mol. The average Bonchev–Trinajstić information content (AvgIpc) is 2.49. The van der Waals surface area contributed by atoms with Crippen molar-refractivity contribution in [2.45, 2.75) is 46.6 Å². The molecule has 0 radical (unpaired) electrons. The normalized spacial score (nSPS) is 12.8. The number of likely N-dealkylation sites (N-methyl/N-ethyl adjacent to an activating group) is 1. The van der Waals surface area contributed by atoms with E-state index >= 15 is 0 Å². The number of aryl methyl sites for hydroxylation is 2. The molecule has 3 heteroatoms. The highest BCUT2D eigenvalue weighted by atomic mass is 15.3. The molecule has 1 atom stereocenters. The van der Waals surface area contributed by atoms with Crippen LogP contribution in [0, 0.1) is 13.8 Å². The van der Waals surface area contributed by atoms with E-state index in [1.165, 1.54) is 16.8 Å². The van der Waals surface area contributed by atoms with Gasteiger partial charge < -0.3 is 5.32 Å². The number of hydrogen-bond acceptors (Lipinski definition) is 2. The summed E-state index contributed by atoms with van der Waals surface area (Å²) in [7, 11) is 2.01. The van der Waals surface area contributed by atoms with Gasteiger partial charge in [0.2, 0.25) is 0 Å². The van der Waals surface area contributed by atoms with Gasteiger partial charge in [-0.25, -0.2) is 0 Å². The van der Waals surface area contributed by atoms with Crippen molar-refractivity contribution in [1.82, 2.24) is 15.1 Å². The first-order valence-electron chi connectivity index (χ1n) is 6.35. The van der Waals surface area contributed by atoms with E-state index in [-0.39, 0.29) is 0 Å². The molecule has 0 saturated carbocycles. The van der Waals surface area contributed by atoms with Gasteiger partial charge >= 0.3 is 0 Å². The van der Waals surface area contributed by atoms with Crippen LogP contribution in [0.1, 0.15) is 37.2 Å². The Bertz CT molecular complexity index is 390. The van der Waals surface area contributed by atoms with E-state index in [2.05, 4.69) is 44.7 Å². The van der Waals surface area contributed by atoms with Crippen LogP contribution in [0.25, 0.3) is 0 Å². The largest absolute Gasteiger partial charge is 0.311 e. The lowest BCUT2D eigenvalue weighted by Crippen LogP contribution is -2.30. The van der Waals surface area contributed by atoms with Gasteiger partial charge in [0, 0.05) is 18.8 Å². The summed E-state index contributed by atoms with van der Waals surface area (Å²) in [5.74, 6) is 0. The summed E-state index contributed by atoms with van der Waals surface area (Å²) in [5, 5.41) is 7.92. The minimum atomic E-state index is 0.416. The Morgan fingerprint density at radius 2 is 2.12 bits per heavy atom. The monoisotopic (exact) mass is 235 g/mol. The highest BCUT2D eigenvalue weighted by molar-refractivity contribution is 5.24. The molecule has 3 nitrogen and oxygen atoms in total. The quantitative estimate of drug-likeness (QED) is 0.768. The van der Waals surface area contributed by atoms with Gasteiger partial charge in [0.25, 0.3) is 0 Å². The number of nitrogens with one attached hydrogen (secondary N) is 1. The lowest BCUT2D eigenvalue weighted by Gasteiger charge is -2.17. The van der Waals surface area contributed by atoms with Crippen molar-refractivity contribution in [3.05, 3.63) is 29.1 Å². The highest BCUT2D eigenvalue weighted by Gasteiger charge is 2.13. The van der Waals surface area contributed by atoms with E-state index in [0.717, 1.165) is 25.1 Å². The van der Waals surface area contributed by atoms with E-state index in [4.69, 9.17) is 0 Å². The van der Waals surface area contributed by atoms with E-state index in [1.807, 2.05) is 11.7 Å². The fourth-order valence-electron chi connectivity index (χ4n) is 2.24. The Labute approximate surface area is 105 Å². The predicted molar refractivity (Wildman–Crippen MR) is 73.3 cm³/mol. The van der Waals surface area contributed by atoms with E-state index in [0.29, 0.717) is 6.04 Å². The summed E-state index contributed by atoms with van der Waals surface area (Å²) < 4.78 is 1.97. The first-order valence-corrected chi connectivity index (χ1v) is 6.35. The van der Waals surface area contributed by atoms with Crippen LogP contribution in [0.3, 0.4) is 0 Å². The second-order valence-corrected chi connectivity index (χ2v) is 4.77. The molecule has 0 saturated heterocycles.